The molecule has 3 saturated carbocycles. The van der Waals surface area contributed by atoms with E-state index in [9.17, 15) is 14.4 Å². The number of methoxy groups -OCH3 is 2. The first-order valence-electron chi connectivity index (χ1n) is 21.3. The van der Waals surface area contributed by atoms with Crippen LogP contribution in [-0.2, 0) is 65.6 Å². The Balaban J connectivity index is 1.40. The molecule has 5 aliphatic heterocycles. The molecule has 14 nitrogen and oxygen atoms in total. The lowest BCUT2D eigenvalue weighted by Gasteiger charge is -2.67. The first-order chi connectivity index (χ1) is 27.3. The van der Waals surface area contributed by atoms with Crippen LogP contribution in [0.4, 0.5) is 0 Å². The standard InChI is InChI=1S/C42H66O14Si3/c1-16-23(2)33(43)51-25-20-26(53-57(7,8)9)39-21-50-29(34(44)46-5)30(39)37(3,32(54-58(10,11)12)28-31(39)40(25,22-49-28)35(45)47-6)42-27-19-24(38(42,4)55-42)41(56-59(13,14)15)17-18-48-36(41)52-27/h16-18,24-32,36H,19-22H2,1-15H3/b23-16+/t24-,25-,26+,27+,28-,29+,30+,31-,32-,36+,37+,38+,39-,40+,41+,42+/m1/s1. The molecule has 0 radical (unpaired) electrons. The van der Waals surface area contributed by atoms with Crippen molar-refractivity contribution < 1.29 is 65.6 Å². The molecule has 0 unspecified atom stereocenters. The molecule has 5 heterocycles. The van der Waals surface area contributed by atoms with Gasteiger partial charge in [-0.2, -0.15) is 0 Å². The Morgan fingerprint density at radius 2 is 1.51 bits per heavy atom. The van der Waals surface area contributed by atoms with Gasteiger partial charge in [-0.25, -0.2) is 9.59 Å². The van der Waals surface area contributed by atoms with Crippen LogP contribution in [-0.4, -0.2) is 130 Å². The Hall–Kier alpha value is -1.94. The molecule has 0 aromatic rings. The zero-order valence-corrected chi connectivity index (χ0v) is 40.5. The first kappa shape index (κ1) is 43.7. The molecule has 0 amide bonds. The van der Waals surface area contributed by atoms with Crippen LogP contribution in [0.3, 0.4) is 0 Å². The number of ether oxygens (including phenoxy) is 8. The fraction of sp³-hybridized carbons (Fsp3) is 0.833. The van der Waals surface area contributed by atoms with Gasteiger partial charge in [0.1, 0.15) is 28.3 Å². The molecule has 2 bridgehead atoms. The van der Waals surface area contributed by atoms with Crippen LogP contribution in [0, 0.1) is 34.0 Å². The maximum atomic E-state index is 14.8. The third-order valence-corrected chi connectivity index (χ3v) is 18.1. The summed E-state index contributed by atoms with van der Waals surface area (Å²) in [7, 11) is -4.46. The second-order valence-corrected chi connectivity index (χ2v) is 34.9. The highest BCUT2D eigenvalue weighted by molar-refractivity contribution is 6.70. The monoisotopic (exact) mass is 878 g/mol. The molecule has 3 aliphatic carbocycles. The highest BCUT2D eigenvalue weighted by atomic mass is 28.4. The van der Waals surface area contributed by atoms with Gasteiger partial charge in [-0.05, 0) is 92.2 Å². The van der Waals surface area contributed by atoms with E-state index in [0.29, 0.717) is 12.0 Å². The number of carbonyl (C=O) groups is 3. The minimum Gasteiger partial charge on any atom is -0.469 e. The van der Waals surface area contributed by atoms with Crippen molar-refractivity contribution in [3.05, 3.63) is 24.0 Å². The second-order valence-electron chi connectivity index (χ2n) is 21.6. The van der Waals surface area contributed by atoms with Gasteiger partial charge >= 0.3 is 17.9 Å². The van der Waals surface area contributed by atoms with Gasteiger partial charge in [-0.1, -0.05) is 13.0 Å². The van der Waals surface area contributed by atoms with E-state index >= 15 is 0 Å². The van der Waals surface area contributed by atoms with Crippen LogP contribution < -0.4 is 0 Å². The molecule has 0 aromatic heterocycles. The van der Waals surface area contributed by atoms with Gasteiger partial charge in [-0.15, -0.1) is 0 Å². The lowest BCUT2D eigenvalue weighted by atomic mass is 9.38. The highest BCUT2D eigenvalue weighted by Gasteiger charge is 2.96. The molecule has 330 valence electrons. The van der Waals surface area contributed by atoms with Crippen LogP contribution in [0.15, 0.2) is 24.0 Å². The van der Waals surface area contributed by atoms with E-state index < -0.39 is 131 Å². The third-order valence-electron chi connectivity index (χ3n) is 15.1. The molecule has 8 aliphatic rings. The van der Waals surface area contributed by atoms with Gasteiger partial charge < -0.3 is 51.2 Å². The molecule has 17 heteroatoms. The number of carbonyl (C=O) groups excluding carboxylic acids is 3. The van der Waals surface area contributed by atoms with E-state index in [1.54, 1.807) is 26.2 Å². The summed E-state index contributed by atoms with van der Waals surface area (Å²) in [6.45, 7) is 26.9. The minimum absolute atomic E-state index is 0.0402. The topological polar surface area (TPSA) is 156 Å². The fourth-order valence-electron chi connectivity index (χ4n) is 13.5. The molecular formula is C42H66O14Si3. The molecule has 7 fully saturated rings. The summed E-state index contributed by atoms with van der Waals surface area (Å²) >= 11 is 0. The van der Waals surface area contributed by atoms with Crippen LogP contribution in [0.25, 0.3) is 0 Å². The molecule has 0 N–H and O–H groups in total. The predicted molar refractivity (Wildman–Crippen MR) is 220 cm³/mol. The number of epoxide rings is 1. The molecule has 1 spiro atoms. The van der Waals surface area contributed by atoms with Gasteiger partial charge in [0.15, 0.2) is 31.1 Å². The van der Waals surface area contributed by atoms with E-state index in [1.807, 2.05) is 6.08 Å². The Bertz CT molecular complexity index is 1840. The normalized spacial score (nSPS) is 48.0. The van der Waals surface area contributed by atoms with Crippen molar-refractivity contribution in [3.63, 3.8) is 0 Å². The van der Waals surface area contributed by atoms with Crippen LogP contribution in [0.1, 0.15) is 40.5 Å². The van der Waals surface area contributed by atoms with Gasteiger partial charge in [0.05, 0.1) is 58.1 Å². The van der Waals surface area contributed by atoms with Crippen molar-refractivity contribution in [1.29, 1.82) is 0 Å². The first-order valence-corrected chi connectivity index (χ1v) is 31.5. The summed E-state index contributed by atoms with van der Waals surface area (Å²) < 4.78 is 74.4. The Morgan fingerprint density at radius 3 is 2.10 bits per heavy atom. The maximum Gasteiger partial charge on any atom is 0.335 e. The van der Waals surface area contributed by atoms with Crippen molar-refractivity contribution in [2.75, 3.05) is 27.4 Å². The molecule has 16 atom stereocenters. The van der Waals surface area contributed by atoms with Crippen LogP contribution >= 0.6 is 0 Å². The van der Waals surface area contributed by atoms with Crippen LogP contribution in [0.5, 0.6) is 0 Å². The smallest absolute Gasteiger partial charge is 0.335 e. The minimum atomic E-state index is -2.53. The lowest BCUT2D eigenvalue weighted by molar-refractivity contribution is -0.290. The summed E-state index contributed by atoms with van der Waals surface area (Å²) in [6, 6.07) is 0. The highest BCUT2D eigenvalue weighted by Crippen LogP contribution is 2.83. The maximum absolute atomic E-state index is 14.8. The number of esters is 3. The van der Waals surface area contributed by atoms with Gasteiger partial charge in [-0.3, -0.25) is 4.79 Å². The van der Waals surface area contributed by atoms with Crippen molar-refractivity contribution in [3.8, 4) is 0 Å². The van der Waals surface area contributed by atoms with Gasteiger partial charge in [0, 0.05) is 40.6 Å². The number of rotatable bonds is 11. The zero-order valence-electron chi connectivity index (χ0n) is 37.5. The average Bonchev–Trinajstić information content (AvgIpc) is 3.57. The summed E-state index contributed by atoms with van der Waals surface area (Å²) in [5, 5.41) is 0. The number of fused-ring (bicyclic) bond motifs is 7. The van der Waals surface area contributed by atoms with Crippen molar-refractivity contribution >= 4 is 42.9 Å². The summed E-state index contributed by atoms with van der Waals surface area (Å²) in [6.07, 6.45) is 0.619. The quantitative estimate of drug-likeness (QED) is 0.0845. The molecule has 0 aromatic carbocycles. The summed E-state index contributed by atoms with van der Waals surface area (Å²) in [5.74, 6) is -3.31. The van der Waals surface area contributed by atoms with Crippen molar-refractivity contribution in [2.45, 2.75) is 159 Å². The average molecular weight is 879 g/mol. The lowest BCUT2D eigenvalue weighted by Crippen LogP contribution is -2.78. The SMILES string of the molecule is C/C=C(\C)C(=O)O[C@@H]1C[C@H](O[Si](C)(C)C)[C@]23CO[C@H](C(=O)OC)[C@H]2[C@](C)([C@]24O[C@@]2(C)[C@H]2C[C@@H]4O[C@@H]4OC=C[C@@]42O[Si](C)(C)C)[C@H](O[Si](C)(C)C)[C@@H]2OC[C@@]1(C(=O)OC)[C@H]23. The van der Waals surface area contributed by atoms with Crippen molar-refractivity contribution in [2.24, 2.45) is 34.0 Å². The van der Waals surface area contributed by atoms with Gasteiger partial charge in [0.25, 0.3) is 0 Å². The molecule has 59 heavy (non-hydrogen) atoms. The van der Waals surface area contributed by atoms with E-state index in [2.05, 4.69) is 72.8 Å². The molecular weight excluding hydrogens is 813 g/mol. The summed E-state index contributed by atoms with van der Waals surface area (Å²) in [5.41, 5.74) is -6.13. The molecule has 8 rings (SSSR count). The van der Waals surface area contributed by atoms with Crippen LogP contribution in [0.2, 0.25) is 58.9 Å². The summed E-state index contributed by atoms with van der Waals surface area (Å²) in [4.78, 5) is 43.1. The number of hydrogen-bond donors (Lipinski definition) is 0. The van der Waals surface area contributed by atoms with Gasteiger partial charge in [0.2, 0.25) is 6.29 Å². The van der Waals surface area contributed by atoms with E-state index in [1.165, 1.54) is 14.2 Å². The third kappa shape index (κ3) is 5.73. The zero-order chi connectivity index (χ0) is 43.3. The second kappa shape index (κ2) is 13.5. The Kier molecular flexibility index (Phi) is 10.0. The Morgan fingerprint density at radius 1 is 0.831 bits per heavy atom. The fourth-order valence-corrected chi connectivity index (χ4v) is 17.2. The number of hydrogen-bond acceptors (Lipinski definition) is 14. The van der Waals surface area contributed by atoms with E-state index in [0.717, 1.165) is 0 Å². The largest absolute Gasteiger partial charge is 0.469 e. The predicted octanol–water partition coefficient (Wildman–Crippen LogP) is 5.48. The number of allylic oxidation sites excluding steroid dienone is 1. The van der Waals surface area contributed by atoms with Crippen molar-refractivity contribution in [1.82, 2.24) is 0 Å². The van der Waals surface area contributed by atoms with E-state index in [4.69, 9.17) is 51.2 Å². The van der Waals surface area contributed by atoms with E-state index in [-0.39, 0.29) is 25.6 Å². The molecule has 4 saturated heterocycles. The Labute approximate surface area is 352 Å².